The summed E-state index contributed by atoms with van der Waals surface area (Å²) in [6.07, 6.45) is 5.16. The zero-order chi connectivity index (χ0) is 14.3. The average Bonchev–Trinajstić information content (AvgIpc) is 3.27. The Morgan fingerprint density at radius 2 is 2.05 bits per heavy atom. The molecule has 0 aromatic rings. The van der Waals surface area contributed by atoms with Crippen molar-refractivity contribution in [2.75, 3.05) is 46.6 Å². The maximum atomic E-state index is 11.8. The van der Waals surface area contributed by atoms with E-state index in [1.165, 1.54) is 12.8 Å². The van der Waals surface area contributed by atoms with Crippen LogP contribution in [0.3, 0.4) is 0 Å². The van der Waals surface area contributed by atoms with Crippen LogP contribution in [0.4, 0.5) is 0 Å². The summed E-state index contributed by atoms with van der Waals surface area (Å²) in [5.74, 6) is 0.854. The topological polar surface area (TPSA) is 59.6 Å². The first-order chi connectivity index (χ1) is 9.74. The molecule has 5 nitrogen and oxygen atoms in total. The van der Waals surface area contributed by atoms with Gasteiger partial charge in [-0.2, -0.15) is 0 Å². The molecule has 124 valence electrons. The normalized spacial score (nSPS) is 20.6. The Balaban J connectivity index is 0.00000220. The summed E-state index contributed by atoms with van der Waals surface area (Å²) in [6.45, 7) is 4.80. The predicted molar refractivity (Wildman–Crippen MR) is 84.8 cm³/mol. The quantitative estimate of drug-likeness (QED) is 0.630. The Bertz CT molecular complexity index is 300. The molecule has 1 aliphatic heterocycles. The number of piperidine rings is 1. The molecule has 2 rings (SSSR count). The summed E-state index contributed by atoms with van der Waals surface area (Å²) < 4.78 is 10.8. The highest BCUT2D eigenvalue weighted by Gasteiger charge is 2.32. The van der Waals surface area contributed by atoms with Crippen LogP contribution in [0.1, 0.15) is 32.1 Å². The van der Waals surface area contributed by atoms with Crippen molar-refractivity contribution >= 4 is 18.3 Å². The van der Waals surface area contributed by atoms with Crippen LogP contribution in [0.5, 0.6) is 0 Å². The second-order valence-electron chi connectivity index (χ2n) is 6.23. The van der Waals surface area contributed by atoms with E-state index in [4.69, 9.17) is 9.47 Å². The Morgan fingerprint density at radius 3 is 2.67 bits per heavy atom. The van der Waals surface area contributed by atoms with Gasteiger partial charge in [-0.1, -0.05) is 0 Å². The van der Waals surface area contributed by atoms with Crippen LogP contribution in [0.2, 0.25) is 0 Å². The average molecular weight is 321 g/mol. The van der Waals surface area contributed by atoms with E-state index in [1.54, 1.807) is 7.11 Å². The smallest absolute Gasteiger partial charge is 0.222 e. The van der Waals surface area contributed by atoms with Crippen molar-refractivity contribution in [3.63, 3.8) is 0 Å². The Kier molecular flexibility index (Phi) is 8.56. The zero-order valence-electron chi connectivity index (χ0n) is 13.0. The van der Waals surface area contributed by atoms with Crippen LogP contribution in [0, 0.1) is 11.3 Å². The van der Waals surface area contributed by atoms with Gasteiger partial charge in [0.15, 0.2) is 0 Å². The highest BCUT2D eigenvalue weighted by Crippen LogP contribution is 2.29. The molecule has 1 heterocycles. The standard InChI is InChI=1S/C15H28N2O3.ClH/c1-19-12-15(5-7-16-8-6-15)11-17-14(18)4-9-20-10-13-2-3-13;/h13,16H,2-12H2,1H3,(H,17,18);1H. The molecule has 1 saturated carbocycles. The van der Waals surface area contributed by atoms with Gasteiger partial charge in [0.1, 0.15) is 0 Å². The van der Waals surface area contributed by atoms with Crippen LogP contribution >= 0.6 is 12.4 Å². The fourth-order valence-electron chi connectivity index (χ4n) is 2.71. The molecule has 0 aromatic carbocycles. The van der Waals surface area contributed by atoms with Crippen molar-refractivity contribution in [3.8, 4) is 0 Å². The lowest BCUT2D eigenvalue weighted by atomic mass is 9.79. The van der Waals surface area contributed by atoms with E-state index >= 15 is 0 Å². The molecule has 0 bridgehead atoms. The number of carbonyl (C=O) groups excluding carboxylic acids is 1. The highest BCUT2D eigenvalue weighted by molar-refractivity contribution is 5.85. The minimum atomic E-state index is 0. The van der Waals surface area contributed by atoms with Crippen LogP contribution in [0.25, 0.3) is 0 Å². The van der Waals surface area contributed by atoms with Crippen molar-refractivity contribution < 1.29 is 14.3 Å². The van der Waals surface area contributed by atoms with Gasteiger partial charge >= 0.3 is 0 Å². The summed E-state index contributed by atoms with van der Waals surface area (Å²) >= 11 is 0. The molecule has 0 radical (unpaired) electrons. The van der Waals surface area contributed by atoms with Crippen LogP contribution < -0.4 is 10.6 Å². The minimum absolute atomic E-state index is 0. The van der Waals surface area contributed by atoms with Crippen molar-refractivity contribution in [3.05, 3.63) is 0 Å². The van der Waals surface area contributed by atoms with Crippen molar-refractivity contribution in [2.45, 2.75) is 32.1 Å². The van der Waals surface area contributed by atoms with E-state index in [-0.39, 0.29) is 23.7 Å². The Morgan fingerprint density at radius 1 is 1.33 bits per heavy atom. The lowest BCUT2D eigenvalue weighted by Gasteiger charge is -2.37. The second kappa shape index (κ2) is 9.62. The molecule has 1 aliphatic carbocycles. The van der Waals surface area contributed by atoms with Crippen LogP contribution in [-0.2, 0) is 14.3 Å². The van der Waals surface area contributed by atoms with E-state index in [1.807, 2.05) is 0 Å². The fraction of sp³-hybridized carbons (Fsp3) is 0.933. The molecule has 21 heavy (non-hydrogen) atoms. The van der Waals surface area contributed by atoms with E-state index in [2.05, 4.69) is 10.6 Å². The molecular formula is C15H29ClN2O3. The lowest BCUT2D eigenvalue weighted by Crippen LogP contribution is -2.47. The summed E-state index contributed by atoms with van der Waals surface area (Å²) in [6, 6.07) is 0. The molecule has 2 aliphatic rings. The molecule has 2 N–H and O–H groups in total. The van der Waals surface area contributed by atoms with Gasteiger partial charge in [0.2, 0.25) is 5.91 Å². The first kappa shape index (κ1) is 18.7. The van der Waals surface area contributed by atoms with E-state index in [0.29, 0.717) is 26.2 Å². The van der Waals surface area contributed by atoms with Crippen molar-refractivity contribution in [1.82, 2.24) is 10.6 Å². The number of rotatable bonds is 9. The van der Waals surface area contributed by atoms with Gasteiger partial charge in [-0.3, -0.25) is 4.79 Å². The number of hydrogen-bond acceptors (Lipinski definition) is 4. The van der Waals surface area contributed by atoms with Gasteiger partial charge in [0, 0.05) is 32.1 Å². The largest absolute Gasteiger partial charge is 0.384 e. The molecule has 2 fully saturated rings. The Hall–Kier alpha value is -0.360. The third-order valence-corrected chi connectivity index (χ3v) is 4.30. The van der Waals surface area contributed by atoms with E-state index in [9.17, 15) is 4.79 Å². The monoisotopic (exact) mass is 320 g/mol. The predicted octanol–water partition coefficient (Wildman–Crippen LogP) is 1.36. The molecule has 0 atom stereocenters. The molecule has 1 saturated heterocycles. The summed E-state index contributed by atoms with van der Waals surface area (Å²) in [4.78, 5) is 11.8. The molecule has 0 unspecified atom stereocenters. The number of halogens is 1. The van der Waals surface area contributed by atoms with Gasteiger partial charge < -0.3 is 20.1 Å². The SMILES string of the molecule is COCC1(CNC(=O)CCOCC2CC2)CCNCC1.Cl. The van der Waals surface area contributed by atoms with E-state index < -0.39 is 0 Å². The Labute approximate surface area is 133 Å². The van der Waals surface area contributed by atoms with Gasteiger partial charge in [-0.15, -0.1) is 12.4 Å². The van der Waals surface area contributed by atoms with Crippen molar-refractivity contribution in [1.29, 1.82) is 0 Å². The van der Waals surface area contributed by atoms with Gasteiger partial charge in [-0.05, 0) is 44.7 Å². The number of carbonyl (C=O) groups is 1. The molecule has 6 heteroatoms. The second-order valence-corrected chi connectivity index (χ2v) is 6.23. The number of ether oxygens (including phenoxy) is 2. The summed E-state index contributed by atoms with van der Waals surface area (Å²) in [7, 11) is 1.73. The fourth-order valence-corrected chi connectivity index (χ4v) is 2.71. The first-order valence-corrected chi connectivity index (χ1v) is 7.78. The molecule has 1 amide bonds. The first-order valence-electron chi connectivity index (χ1n) is 7.78. The number of methoxy groups -OCH3 is 1. The number of nitrogens with one attached hydrogen (secondary N) is 2. The molecule has 0 aromatic heterocycles. The third-order valence-electron chi connectivity index (χ3n) is 4.30. The van der Waals surface area contributed by atoms with Crippen LogP contribution in [-0.4, -0.2) is 52.5 Å². The van der Waals surface area contributed by atoms with Crippen molar-refractivity contribution in [2.24, 2.45) is 11.3 Å². The highest BCUT2D eigenvalue weighted by atomic mass is 35.5. The molecule has 0 spiro atoms. The minimum Gasteiger partial charge on any atom is -0.384 e. The zero-order valence-corrected chi connectivity index (χ0v) is 13.8. The van der Waals surface area contributed by atoms with Gasteiger partial charge in [0.05, 0.1) is 13.2 Å². The maximum Gasteiger partial charge on any atom is 0.222 e. The number of hydrogen-bond donors (Lipinski definition) is 2. The van der Waals surface area contributed by atoms with Gasteiger partial charge in [-0.25, -0.2) is 0 Å². The summed E-state index contributed by atoms with van der Waals surface area (Å²) in [5, 5.41) is 6.41. The lowest BCUT2D eigenvalue weighted by molar-refractivity contribution is -0.123. The van der Waals surface area contributed by atoms with Gasteiger partial charge in [0.25, 0.3) is 0 Å². The maximum absolute atomic E-state index is 11.8. The van der Waals surface area contributed by atoms with Crippen LogP contribution in [0.15, 0.2) is 0 Å². The van der Waals surface area contributed by atoms with E-state index in [0.717, 1.165) is 38.5 Å². The third kappa shape index (κ3) is 6.96. The molecular weight excluding hydrogens is 292 g/mol. The number of amides is 1. The summed E-state index contributed by atoms with van der Waals surface area (Å²) in [5.41, 5.74) is 0.102.